The van der Waals surface area contributed by atoms with E-state index in [0.717, 1.165) is 0 Å². The molecule has 0 aromatic heterocycles. The SMILES string of the molecule is CC1CNC(=CC(=O)c2ccc([N+](=O)[O-])cc2)C(=O)N1. The Morgan fingerprint density at radius 3 is 2.60 bits per heavy atom. The molecule has 104 valence electrons. The van der Waals surface area contributed by atoms with E-state index >= 15 is 0 Å². The van der Waals surface area contributed by atoms with Crippen LogP contribution in [0.4, 0.5) is 5.69 Å². The summed E-state index contributed by atoms with van der Waals surface area (Å²) in [6.45, 7) is 2.39. The molecule has 0 saturated carbocycles. The molecule has 1 atom stereocenters. The predicted octanol–water partition coefficient (Wildman–Crippen LogP) is 0.769. The minimum atomic E-state index is -0.537. The highest BCUT2D eigenvalue weighted by atomic mass is 16.6. The number of amides is 1. The average Bonchev–Trinajstić information content (AvgIpc) is 2.42. The van der Waals surface area contributed by atoms with Crippen LogP contribution in [0, 0.1) is 10.1 Å². The summed E-state index contributed by atoms with van der Waals surface area (Å²) >= 11 is 0. The first-order chi connectivity index (χ1) is 9.47. The number of nitrogens with zero attached hydrogens (tertiary/aromatic N) is 1. The Bertz CT molecular complexity index is 592. The summed E-state index contributed by atoms with van der Waals surface area (Å²) in [5, 5.41) is 16.1. The van der Waals surface area contributed by atoms with Crippen molar-refractivity contribution in [1.82, 2.24) is 10.6 Å². The van der Waals surface area contributed by atoms with Crippen molar-refractivity contribution in [3.05, 3.63) is 51.7 Å². The van der Waals surface area contributed by atoms with E-state index in [4.69, 9.17) is 0 Å². The zero-order valence-corrected chi connectivity index (χ0v) is 10.8. The minimum absolute atomic E-state index is 0.00845. The van der Waals surface area contributed by atoms with Crippen LogP contribution in [0.3, 0.4) is 0 Å². The number of non-ortho nitro benzene ring substituents is 1. The van der Waals surface area contributed by atoms with E-state index in [2.05, 4.69) is 10.6 Å². The fourth-order valence-corrected chi connectivity index (χ4v) is 1.77. The maximum atomic E-state index is 12.0. The third-order valence-electron chi connectivity index (χ3n) is 2.86. The Hall–Kier alpha value is -2.70. The quantitative estimate of drug-likeness (QED) is 0.367. The number of nitrogens with one attached hydrogen (secondary N) is 2. The van der Waals surface area contributed by atoms with Crippen LogP contribution in [-0.2, 0) is 4.79 Å². The molecule has 7 nitrogen and oxygen atoms in total. The number of allylic oxidation sites excluding steroid dienone is 1. The van der Waals surface area contributed by atoms with Crippen molar-refractivity contribution in [3.8, 4) is 0 Å². The van der Waals surface area contributed by atoms with Crippen molar-refractivity contribution in [2.75, 3.05) is 6.54 Å². The number of benzene rings is 1. The number of rotatable bonds is 3. The van der Waals surface area contributed by atoms with Crippen molar-refractivity contribution in [1.29, 1.82) is 0 Å². The van der Waals surface area contributed by atoms with Crippen molar-refractivity contribution >= 4 is 17.4 Å². The number of carbonyl (C=O) groups is 2. The summed E-state index contributed by atoms with van der Waals surface area (Å²) in [7, 11) is 0. The standard InChI is InChI=1S/C13H13N3O4/c1-8-7-14-11(13(18)15-8)6-12(17)9-2-4-10(5-3-9)16(19)20/h2-6,8,14H,7H2,1H3,(H,15,18). The number of hydrogen-bond donors (Lipinski definition) is 2. The molecule has 1 amide bonds. The van der Waals surface area contributed by atoms with Crippen LogP contribution in [0.15, 0.2) is 36.0 Å². The molecule has 0 aliphatic carbocycles. The molecule has 1 unspecified atom stereocenters. The van der Waals surface area contributed by atoms with Gasteiger partial charge < -0.3 is 10.6 Å². The molecule has 2 rings (SSSR count). The van der Waals surface area contributed by atoms with Gasteiger partial charge in [0.05, 0.1) is 4.92 Å². The maximum Gasteiger partial charge on any atom is 0.269 e. The zero-order chi connectivity index (χ0) is 14.7. The summed E-state index contributed by atoms with van der Waals surface area (Å²) in [4.78, 5) is 33.6. The molecule has 1 aliphatic rings. The van der Waals surface area contributed by atoms with Crippen molar-refractivity contribution in [2.24, 2.45) is 0 Å². The maximum absolute atomic E-state index is 12.0. The van der Waals surface area contributed by atoms with Crippen molar-refractivity contribution in [2.45, 2.75) is 13.0 Å². The number of piperazine rings is 1. The number of carbonyl (C=O) groups excluding carboxylic acids is 2. The van der Waals surface area contributed by atoms with E-state index in [0.29, 0.717) is 6.54 Å². The monoisotopic (exact) mass is 275 g/mol. The second kappa shape index (κ2) is 5.52. The van der Waals surface area contributed by atoms with Crippen LogP contribution in [0.25, 0.3) is 0 Å². The van der Waals surface area contributed by atoms with Gasteiger partial charge >= 0.3 is 0 Å². The Labute approximate surface area is 114 Å². The molecule has 0 bridgehead atoms. The molecule has 1 saturated heterocycles. The molecule has 7 heteroatoms. The largest absolute Gasteiger partial charge is 0.378 e. The lowest BCUT2D eigenvalue weighted by Gasteiger charge is -2.23. The highest BCUT2D eigenvalue weighted by Crippen LogP contribution is 2.13. The van der Waals surface area contributed by atoms with E-state index < -0.39 is 4.92 Å². The smallest absolute Gasteiger partial charge is 0.269 e. The lowest BCUT2D eigenvalue weighted by atomic mass is 10.1. The summed E-state index contributed by atoms with van der Waals surface area (Å²) in [6, 6.07) is 5.24. The predicted molar refractivity (Wildman–Crippen MR) is 71.1 cm³/mol. The van der Waals surface area contributed by atoms with Gasteiger partial charge in [0.2, 0.25) is 0 Å². The van der Waals surface area contributed by atoms with E-state index in [9.17, 15) is 19.7 Å². The fraction of sp³-hybridized carbons (Fsp3) is 0.231. The van der Waals surface area contributed by atoms with Crippen LogP contribution >= 0.6 is 0 Å². The highest BCUT2D eigenvalue weighted by molar-refractivity contribution is 6.09. The molecular weight excluding hydrogens is 262 g/mol. The van der Waals surface area contributed by atoms with E-state index in [-0.39, 0.29) is 34.7 Å². The van der Waals surface area contributed by atoms with Gasteiger partial charge in [-0.3, -0.25) is 19.7 Å². The second-order valence-corrected chi connectivity index (χ2v) is 4.48. The van der Waals surface area contributed by atoms with Gasteiger partial charge in [-0.2, -0.15) is 0 Å². The third kappa shape index (κ3) is 3.00. The Kier molecular flexibility index (Phi) is 3.79. The van der Waals surface area contributed by atoms with Gasteiger partial charge in [-0.25, -0.2) is 0 Å². The van der Waals surface area contributed by atoms with Crippen molar-refractivity contribution in [3.63, 3.8) is 0 Å². The summed E-state index contributed by atoms with van der Waals surface area (Å²) in [5.74, 6) is -0.717. The molecule has 1 heterocycles. The van der Waals surface area contributed by atoms with Gasteiger partial charge in [0.1, 0.15) is 5.70 Å². The Morgan fingerprint density at radius 1 is 1.40 bits per heavy atom. The van der Waals surface area contributed by atoms with Crippen LogP contribution in [0.5, 0.6) is 0 Å². The normalized spacial score (nSPS) is 20.1. The van der Waals surface area contributed by atoms with Crippen LogP contribution in [-0.4, -0.2) is 29.2 Å². The number of nitro benzene ring substituents is 1. The Balaban J connectivity index is 2.15. The van der Waals surface area contributed by atoms with Gasteiger partial charge in [0, 0.05) is 36.4 Å². The van der Waals surface area contributed by atoms with Gasteiger partial charge in [-0.15, -0.1) is 0 Å². The third-order valence-corrected chi connectivity index (χ3v) is 2.86. The Morgan fingerprint density at radius 2 is 2.05 bits per heavy atom. The lowest BCUT2D eigenvalue weighted by molar-refractivity contribution is -0.384. The van der Waals surface area contributed by atoms with E-state index in [1.54, 1.807) is 0 Å². The molecule has 1 aromatic rings. The first-order valence-electron chi connectivity index (χ1n) is 6.02. The second-order valence-electron chi connectivity index (χ2n) is 4.48. The van der Waals surface area contributed by atoms with Gasteiger partial charge in [0.15, 0.2) is 5.78 Å². The minimum Gasteiger partial charge on any atom is -0.378 e. The van der Waals surface area contributed by atoms with Crippen LogP contribution in [0.1, 0.15) is 17.3 Å². The van der Waals surface area contributed by atoms with Crippen LogP contribution in [0.2, 0.25) is 0 Å². The van der Waals surface area contributed by atoms with Gasteiger partial charge in [-0.05, 0) is 19.1 Å². The van der Waals surface area contributed by atoms with E-state index in [1.807, 2.05) is 6.92 Å². The average molecular weight is 275 g/mol. The van der Waals surface area contributed by atoms with Gasteiger partial charge in [0.25, 0.3) is 11.6 Å². The summed E-state index contributed by atoms with van der Waals surface area (Å²) in [5.41, 5.74) is 0.402. The highest BCUT2D eigenvalue weighted by Gasteiger charge is 2.20. The lowest BCUT2D eigenvalue weighted by Crippen LogP contribution is -2.49. The molecule has 1 fully saturated rings. The van der Waals surface area contributed by atoms with Crippen molar-refractivity contribution < 1.29 is 14.5 Å². The molecule has 20 heavy (non-hydrogen) atoms. The first kappa shape index (κ1) is 13.7. The molecule has 0 radical (unpaired) electrons. The zero-order valence-electron chi connectivity index (χ0n) is 10.8. The molecular formula is C13H13N3O4. The molecule has 0 spiro atoms. The number of ketones is 1. The number of nitro groups is 1. The van der Waals surface area contributed by atoms with Gasteiger partial charge in [-0.1, -0.05) is 0 Å². The fourth-order valence-electron chi connectivity index (χ4n) is 1.77. The first-order valence-corrected chi connectivity index (χ1v) is 6.02. The van der Waals surface area contributed by atoms with E-state index in [1.165, 1.54) is 30.3 Å². The topological polar surface area (TPSA) is 101 Å². The summed E-state index contributed by atoms with van der Waals surface area (Å²) in [6.07, 6.45) is 1.20. The van der Waals surface area contributed by atoms with Crippen LogP contribution < -0.4 is 10.6 Å². The molecule has 1 aliphatic heterocycles. The summed E-state index contributed by atoms with van der Waals surface area (Å²) < 4.78 is 0. The molecule has 1 aromatic carbocycles. The number of hydrogen-bond acceptors (Lipinski definition) is 5. The molecule has 2 N–H and O–H groups in total.